The second-order valence-corrected chi connectivity index (χ2v) is 8.85. The average molecular weight is 296 g/mol. The zero-order valence-electron chi connectivity index (χ0n) is 12.5. The predicted molar refractivity (Wildman–Crippen MR) is 80.8 cm³/mol. The van der Waals surface area contributed by atoms with Crippen LogP contribution in [0.1, 0.15) is 39.3 Å². The van der Waals surface area contributed by atoms with Gasteiger partial charge in [-0.2, -0.15) is 5.10 Å². The van der Waals surface area contributed by atoms with Crippen LogP contribution in [0.5, 0.6) is 0 Å². The molecule has 5 nitrogen and oxygen atoms in total. The fraction of sp³-hybridized carbons (Fsp3) is 0.786. The summed E-state index contributed by atoms with van der Waals surface area (Å²) in [6.45, 7) is 8.90. The van der Waals surface area contributed by atoms with Gasteiger partial charge in [-0.3, -0.25) is 4.68 Å². The molecule has 1 fully saturated rings. The first kappa shape index (κ1) is 14.4. The first-order chi connectivity index (χ1) is 9.43. The van der Waals surface area contributed by atoms with E-state index in [-0.39, 0.29) is 16.2 Å². The molecule has 1 saturated heterocycles. The van der Waals surface area contributed by atoms with Gasteiger partial charge in [0.15, 0.2) is 0 Å². The molecule has 1 spiro atoms. The van der Waals surface area contributed by atoms with E-state index in [1.165, 1.54) is 5.69 Å². The highest BCUT2D eigenvalue weighted by atomic mass is 32.2. The van der Waals surface area contributed by atoms with E-state index in [0.717, 1.165) is 32.5 Å². The fourth-order valence-electron chi connectivity index (χ4n) is 3.36. The first-order valence-corrected chi connectivity index (χ1v) is 8.49. The van der Waals surface area contributed by atoms with Crippen molar-refractivity contribution < 1.29 is 4.55 Å². The van der Waals surface area contributed by atoms with E-state index in [1.807, 2.05) is 27.0 Å². The Morgan fingerprint density at radius 1 is 1.45 bits per heavy atom. The van der Waals surface area contributed by atoms with Crippen LogP contribution in [0.2, 0.25) is 0 Å². The molecular weight excluding hydrogens is 272 g/mol. The van der Waals surface area contributed by atoms with Crippen molar-refractivity contribution in [3.63, 3.8) is 0 Å². The molecule has 0 bridgehead atoms. The Bertz CT molecular complexity index is 476. The topological polar surface area (TPSA) is 64.9 Å². The molecular formula is C14H24N4OS. The molecule has 0 aliphatic carbocycles. The van der Waals surface area contributed by atoms with Gasteiger partial charge in [0.05, 0.1) is 12.6 Å². The van der Waals surface area contributed by atoms with Gasteiger partial charge in [-0.1, -0.05) is 0 Å². The minimum atomic E-state index is -1.04. The highest BCUT2D eigenvalue weighted by molar-refractivity contribution is 7.90. The van der Waals surface area contributed by atoms with Crippen molar-refractivity contribution in [2.45, 2.75) is 56.4 Å². The molecule has 1 unspecified atom stereocenters. The van der Waals surface area contributed by atoms with Crippen LogP contribution in [0.4, 0.5) is 0 Å². The van der Waals surface area contributed by atoms with Gasteiger partial charge in [0.1, 0.15) is 4.75 Å². The van der Waals surface area contributed by atoms with Gasteiger partial charge in [-0.25, -0.2) is 0 Å². The SMILES string of the molecule is CC(C)(C)[S+]([O-])N[C@@H]1Cn2nccc2C12CCNCC2. The Balaban J connectivity index is 1.86. The van der Waals surface area contributed by atoms with Crippen molar-refractivity contribution in [2.75, 3.05) is 13.1 Å². The van der Waals surface area contributed by atoms with Crippen LogP contribution < -0.4 is 10.0 Å². The normalized spacial score (nSPS) is 26.7. The van der Waals surface area contributed by atoms with Crippen molar-refractivity contribution >= 4 is 11.4 Å². The summed E-state index contributed by atoms with van der Waals surface area (Å²) in [5.41, 5.74) is 1.39. The number of piperidine rings is 1. The highest BCUT2D eigenvalue weighted by Crippen LogP contribution is 2.42. The van der Waals surface area contributed by atoms with Crippen LogP contribution in [-0.4, -0.2) is 38.2 Å². The monoisotopic (exact) mass is 296 g/mol. The molecule has 20 heavy (non-hydrogen) atoms. The molecule has 3 rings (SSSR count). The van der Waals surface area contributed by atoms with Crippen molar-refractivity contribution in [3.8, 4) is 0 Å². The molecule has 1 aromatic heterocycles. The van der Waals surface area contributed by atoms with Crippen LogP contribution in [0.15, 0.2) is 12.3 Å². The molecule has 0 radical (unpaired) electrons. The maximum atomic E-state index is 12.5. The number of aromatic nitrogens is 2. The van der Waals surface area contributed by atoms with E-state index in [1.54, 1.807) is 0 Å². The number of hydrogen-bond donors (Lipinski definition) is 2. The summed E-state index contributed by atoms with van der Waals surface area (Å²) >= 11 is -1.04. The lowest BCUT2D eigenvalue weighted by Gasteiger charge is -2.39. The van der Waals surface area contributed by atoms with Gasteiger partial charge < -0.3 is 9.87 Å². The van der Waals surface area contributed by atoms with E-state index in [2.05, 4.69) is 25.9 Å². The lowest BCUT2D eigenvalue weighted by atomic mass is 9.72. The summed E-state index contributed by atoms with van der Waals surface area (Å²) in [6, 6.07) is 2.35. The van der Waals surface area contributed by atoms with E-state index < -0.39 is 11.4 Å². The molecule has 0 saturated carbocycles. The summed E-state index contributed by atoms with van der Waals surface area (Å²) < 4.78 is 17.7. The van der Waals surface area contributed by atoms with Crippen molar-refractivity contribution in [2.24, 2.45) is 0 Å². The average Bonchev–Trinajstić information content (AvgIpc) is 2.94. The molecule has 0 aromatic carbocycles. The smallest absolute Gasteiger partial charge is 0.136 e. The van der Waals surface area contributed by atoms with Crippen molar-refractivity contribution in [1.82, 2.24) is 19.8 Å². The van der Waals surface area contributed by atoms with Gasteiger partial charge in [-0.15, -0.1) is 4.72 Å². The number of fused-ring (bicyclic) bond motifs is 2. The Labute approximate surface area is 123 Å². The third-order valence-corrected chi connectivity index (χ3v) is 6.16. The maximum absolute atomic E-state index is 12.5. The standard InChI is InChI=1S/C14H24N4OS/c1-13(2,3)20(19)17-11-10-18-12(4-7-16-18)14(11)5-8-15-9-6-14/h4,7,11,15,17H,5-6,8-10H2,1-3H3/t11-,20?/m1/s1. The highest BCUT2D eigenvalue weighted by Gasteiger charge is 2.50. The van der Waals surface area contributed by atoms with Gasteiger partial charge in [0, 0.05) is 28.7 Å². The largest absolute Gasteiger partial charge is 0.598 e. The Kier molecular flexibility index (Phi) is 3.61. The first-order valence-electron chi connectivity index (χ1n) is 7.34. The third-order valence-electron chi connectivity index (χ3n) is 4.55. The van der Waals surface area contributed by atoms with Crippen molar-refractivity contribution in [1.29, 1.82) is 0 Å². The summed E-state index contributed by atoms with van der Waals surface area (Å²) in [5, 5.41) is 7.85. The maximum Gasteiger partial charge on any atom is 0.136 e. The van der Waals surface area contributed by atoms with Crippen molar-refractivity contribution in [3.05, 3.63) is 18.0 Å². The molecule has 2 aliphatic heterocycles. The number of nitrogens with one attached hydrogen (secondary N) is 2. The van der Waals surface area contributed by atoms with Crippen LogP contribution in [0.25, 0.3) is 0 Å². The van der Waals surface area contributed by atoms with Crippen LogP contribution in [0, 0.1) is 0 Å². The second kappa shape index (κ2) is 5.02. The predicted octanol–water partition coefficient (Wildman–Crippen LogP) is 0.938. The fourth-order valence-corrected chi connectivity index (χ4v) is 4.27. The minimum absolute atomic E-state index is 0.0860. The summed E-state index contributed by atoms with van der Waals surface area (Å²) in [4.78, 5) is 0. The summed E-state index contributed by atoms with van der Waals surface area (Å²) in [5.74, 6) is 0. The number of nitrogens with zero attached hydrogens (tertiary/aromatic N) is 2. The van der Waals surface area contributed by atoms with E-state index in [0.29, 0.717) is 0 Å². The van der Waals surface area contributed by atoms with Gasteiger partial charge in [0.25, 0.3) is 0 Å². The lowest BCUT2D eigenvalue weighted by molar-refractivity contribution is 0.259. The van der Waals surface area contributed by atoms with E-state index in [4.69, 9.17) is 0 Å². The summed E-state index contributed by atoms with van der Waals surface area (Å²) in [6.07, 6.45) is 4.05. The molecule has 112 valence electrons. The third kappa shape index (κ3) is 2.28. The van der Waals surface area contributed by atoms with Gasteiger partial charge >= 0.3 is 0 Å². The van der Waals surface area contributed by atoms with E-state index >= 15 is 0 Å². The number of hydrogen-bond acceptors (Lipinski definition) is 4. The molecule has 3 heterocycles. The minimum Gasteiger partial charge on any atom is -0.598 e. The van der Waals surface area contributed by atoms with Crippen LogP contribution in [-0.2, 0) is 23.3 Å². The molecule has 2 atom stereocenters. The Hall–Kier alpha value is -0.560. The van der Waals surface area contributed by atoms with Gasteiger partial charge in [0.2, 0.25) is 0 Å². The molecule has 6 heteroatoms. The Morgan fingerprint density at radius 2 is 2.15 bits per heavy atom. The molecule has 2 N–H and O–H groups in total. The quantitative estimate of drug-likeness (QED) is 0.797. The number of rotatable bonds is 2. The van der Waals surface area contributed by atoms with E-state index in [9.17, 15) is 4.55 Å². The lowest BCUT2D eigenvalue weighted by Crippen LogP contribution is -2.55. The Morgan fingerprint density at radius 3 is 2.80 bits per heavy atom. The summed E-state index contributed by atoms with van der Waals surface area (Å²) in [7, 11) is 0. The zero-order chi connectivity index (χ0) is 14.4. The molecule has 0 amide bonds. The molecule has 2 aliphatic rings. The molecule has 1 aromatic rings. The van der Waals surface area contributed by atoms with Crippen LogP contribution >= 0.6 is 0 Å². The zero-order valence-corrected chi connectivity index (χ0v) is 13.3. The van der Waals surface area contributed by atoms with Crippen LogP contribution in [0.3, 0.4) is 0 Å². The second-order valence-electron chi connectivity index (χ2n) is 6.86. The van der Waals surface area contributed by atoms with Gasteiger partial charge in [-0.05, 0) is 52.8 Å².